The maximum Gasteiger partial charge on any atom is 0.0408 e. The predicted molar refractivity (Wildman–Crippen MR) is 55.9 cm³/mol. The minimum absolute atomic E-state index is 0.153. The van der Waals surface area contributed by atoms with Crippen molar-refractivity contribution in [3.05, 3.63) is 34.3 Å². The summed E-state index contributed by atoms with van der Waals surface area (Å²) in [5, 5.41) is 0.809. The van der Waals surface area contributed by atoms with Crippen LogP contribution in [-0.2, 0) is 6.42 Å². The molecule has 2 N–H and O–H groups in total. The minimum atomic E-state index is 0.153. The molecule has 1 aromatic carbocycles. The Hall–Kier alpha value is -0.530. The van der Waals surface area contributed by atoms with Crippen LogP contribution in [-0.4, -0.2) is 0 Å². The molecule has 70 valence electrons. The predicted octanol–water partition coefficient (Wildman–Crippen LogP) is 2.92. The summed E-state index contributed by atoms with van der Waals surface area (Å²) in [6, 6.07) is 6.16. The van der Waals surface area contributed by atoms with Crippen molar-refractivity contribution in [3.63, 3.8) is 0 Å². The van der Waals surface area contributed by atoms with Crippen LogP contribution in [0.4, 0.5) is 0 Å². The lowest BCUT2D eigenvalue weighted by Crippen LogP contribution is -2.24. The van der Waals surface area contributed by atoms with Crippen molar-refractivity contribution in [1.29, 1.82) is 0 Å². The molecule has 0 amide bonds. The number of hydrogen-bond donors (Lipinski definition) is 1. The first-order chi connectivity index (χ1) is 6.00. The van der Waals surface area contributed by atoms with Crippen LogP contribution >= 0.6 is 11.6 Å². The van der Waals surface area contributed by atoms with Crippen LogP contribution in [0.3, 0.4) is 0 Å². The SMILES string of the molecule is CC1(C)Cc2cc(Cl)ccc2C1N. The van der Waals surface area contributed by atoms with Crippen molar-refractivity contribution in [2.24, 2.45) is 11.1 Å². The Kier molecular flexibility index (Phi) is 1.90. The van der Waals surface area contributed by atoms with Gasteiger partial charge in [0.05, 0.1) is 0 Å². The second-order valence-corrected chi connectivity index (χ2v) is 4.92. The van der Waals surface area contributed by atoms with Gasteiger partial charge < -0.3 is 5.73 Å². The van der Waals surface area contributed by atoms with E-state index in [1.54, 1.807) is 0 Å². The summed E-state index contributed by atoms with van der Waals surface area (Å²) in [7, 11) is 0. The number of halogens is 1. The molecule has 1 aliphatic rings. The first-order valence-corrected chi connectivity index (χ1v) is 4.92. The van der Waals surface area contributed by atoms with Gasteiger partial charge in [0, 0.05) is 11.1 Å². The molecule has 0 aromatic heterocycles. The first-order valence-electron chi connectivity index (χ1n) is 4.54. The van der Waals surface area contributed by atoms with Crippen molar-refractivity contribution in [2.75, 3.05) is 0 Å². The van der Waals surface area contributed by atoms with Crippen molar-refractivity contribution in [2.45, 2.75) is 26.3 Å². The molecule has 0 heterocycles. The van der Waals surface area contributed by atoms with Gasteiger partial charge in [-0.3, -0.25) is 0 Å². The van der Waals surface area contributed by atoms with Gasteiger partial charge >= 0.3 is 0 Å². The van der Waals surface area contributed by atoms with Gasteiger partial charge in [-0.2, -0.15) is 0 Å². The van der Waals surface area contributed by atoms with E-state index in [4.69, 9.17) is 17.3 Å². The number of nitrogens with two attached hydrogens (primary N) is 1. The van der Waals surface area contributed by atoms with Gasteiger partial charge in [-0.25, -0.2) is 0 Å². The summed E-state index contributed by atoms with van der Waals surface area (Å²) in [6.45, 7) is 4.40. The van der Waals surface area contributed by atoms with Crippen LogP contribution in [0.15, 0.2) is 18.2 Å². The summed E-state index contributed by atoms with van der Waals surface area (Å²) >= 11 is 5.92. The van der Waals surface area contributed by atoms with Crippen molar-refractivity contribution >= 4 is 11.6 Å². The summed E-state index contributed by atoms with van der Waals surface area (Å²) in [5.41, 5.74) is 8.87. The van der Waals surface area contributed by atoms with Crippen LogP contribution in [0, 0.1) is 5.41 Å². The Labute approximate surface area is 83.9 Å². The number of hydrogen-bond acceptors (Lipinski definition) is 1. The third-order valence-corrected chi connectivity index (χ3v) is 3.16. The van der Waals surface area contributed by atoms with Crippen molar-refractivity contribution in [3.8, 4) is 0 Å². The molecular weight excluding hydrogens is 182 g/mol. The summed E-state index contributed by atoms with van der Waals surface area (Å²) in [5.74, 6) is 0. The Morgan fingerprint density at radius 1 is 1.46 bits per heavy atom. The molecule has 1 unspecified atom stereocenters. The molecule has 13 heavy (non-hydrogen) atoms. The smallest absolute Gasteiger partial charge is 0.0408 e. The summed E-state index contributed by atoms with van der Waals surface area (Å²) < 4.78 is 0. The van der Waals surface area contributed by atoms with E-state index in [1.165, 1.54) is 11.1 Å². The molecule has 1 nitrogen and oxygen atoms in total. The molecule has 0 spiro atoms. The third-order valence-electron chi connectivity index (χ3n) is 2.93. The van der Waals surface area contributed by atoms with Gasteiger partial charge in [-0.05, 0) is 35.1 Å². The molecule has 2 rings (SSSR count). The largest absolute Gasteiger partial charge is 0.323 e. The van der Waals surface area contributed by atoms with Gasteiger partial charge in [-0.15, -0.1) is 0 Å². The maximum atomic E-state index is 6.13. The van der Waals surface area contributed by atoms with Gasteiger partial charge in [-0.1, -0.05) is 31.5 Å². The molecule has 2 heteroatoms. The molecule has 0 fully saturated rings. The quantitative estimate of drug-likeness (QED) is 0.677. The minimum Gasteiger partial charge on any atom is -0.323 e. The lowest BCUT2D eigenvalue weighted by molar-refractivity contribution is 0.319. The van der Waals surface area contributed by atoms with E-state index < -0.39 is 0 Å². The van der Waals surface area contributed by atoms with Crippen LogP contribution < -0.4 is 5.73 Å². The fourth-order valence-electron chi connectivity index (χ4n) is 2.05. The van der Waals surface area contributed by atoms with Crippen LogP contribution in [0.2, 0.25) is 5.02 Å². The van der Waals surface area contributed by atoms with Crippen molar-refractivity contribution in [1.82, 2.24) is 0 Å². The lowest BCUT2D eigenvalue weighted by Gasteiger charge is -2.23. The molecular formula is C11H14ClN. The zero-order valence-electron chi connectivity index (χ0n) is 7.97. The first kappa shape index (κ1) is 9.04. The van der Waals surface area contributed by atoms with E-state index in [0.29, 0.717) is 0 Å². The monoisotopic (exact) mass is 195 g/mol. The molecule has 1 aromatic rings. The molecule has 1 aliphatic carbocycles. The molecule has 0 radical (unpaired) electrons. The van der Waals surface area contributed by atoms with Gasteiger partial charge in [0.1, 0.15) is 0 Å². The highest BCUT2D eigenvalue weighted by atomic mass is 35.5. The fourth-order valence-corrected chi connectivity index (χ4v) is 2.25. The summed E-state index contributed by atoms with van der Waals surface area (Å²) in [6.07, 6.45) is 1.03. The molecule has 0 saturated heterocycles. The highest BCUT2D eigenvalue weighted by Crippen LogP contribution is 2.43. The van der Waals surface area contributed by atoms with E-state index in [2.05, 4.69) is 19.9 Å². The van der Waals surface area contributed by atoms with Crippen LogP contribution in [0.1, 0.15) is 31.0 Å². The normalized spacial score (nSPS) is 24.5. The highest BCUT2D eigenvalue weighted by Gasteiger charge is 2.36. The molecule has 0 aliphatic heterocycles. The number of rotatable bonds is 0. The van der Waals surface area contributed by atoms with E-state index in [1.807, 2.05) is 12.1 Å². The second kappa shape index (κ2) is 2.73. The topological polar surface area (TPSA) is 26.0 Å². The Morgan fingerprint density at radius 3 is 2.85 bits per heavy atom. The van der Waals surface area contributed by atoms with Gasteiger partial charge in [0.15, 0.2) is 0 Å². The third kappa shape index (κ3) is 1.36. The molecule has 0 saturated carbocycles. The molecule has 0 bridgehead atoms. The number of benzene rings is 1. The van der Waals surface area contributed by atoms with E-state index in [9.17, 15) is 0 Å². The van der Waals surface area contributed by atoms with E-state index in [-0.39, 0.29) is 11.5 Å². The fraction of sp³-hybridized carbons (Fsp3) is 0.455. The van der Waals surface area contributed by atoms with E-state index in [0.717, 1.165) is 11.4 Å². The van der Waals surface area contributed by atoms with Crippen LogP contribution in [0.5, 0.6) is 0 Å². The Morgan fingerprint density at radius 2 is 2.15 bits per heavy atom. The number of fused-ring (bicyclic) bond motifs is 1. The highest BCUT2D eigenvalue weighted by molar-refractivity contribution is 6.30. The second-order valence-electron chi connectivity index (χ2n) is 4.49. The average molecular weight is 196 g/mol. The van der Waals surface area contributed by atoms with Crippen LogP contribution in [0.25, 0.3) is 0 Å². The van der Waals surface area contributed by atoms with E-state index >= 15 is 0 Å². The zero-order valence-corrected chi connectivity index (χ0v) is 8.73. The average Bonchev–Trinajstić information content (AvgIpc) is 2.22. The zero-order chi connectivity index (χ0) is 9.64. The van der Waals surface area contributed by atoms with Gasteiger partial charge in [0.2, 0.25) is 0 Å². The Balaban J connectivity index is 2.50. The maximum absolute atomic E-state index is 6.13. The standard InChI is InChI=1S/C11H14ClN/c1-11(2)6-7-5-8(12)3-4-9(7)10(11)13/h3-5,10H,6,13H2,1-2H3. The van der Waals surface area contributed by atoms with Gasteiger partial charge in [0.25, 0.3) is 0 Å². The summed E-state index contributed by atoms with van der Waals surface area (Å²) in [4.78, 5) is 0. The lowest BCUT2D eigenvalue weighted by atomic mass is 9.86. The van der Waals surface area contributed by atoms with Crippen molar-refractivity contribution < 1.29 is 0 Å². The molecule has 1 atom stereocenters. The Bertz CT molecular complexity index is 344.